The van der Waals surface area contributed by atoms with Gasteiger partial charge in [-0.3, -0.25) is 4.79 Å². The van der Waals surface area contributed by atoms with Gasteiger partial charge in [-0.05, 0) is 25.5 Å². The molecular formula is C13H19NO4. The fourth-order valence-electron chi connectivity index (χ4n) is 1.75. The van der Waals surface area contributed by atoms with Crippen molar-refractivity contribution in [3.05, 3.63) is 23.8 Å². The van der Waals surface area contributed by atoms with Crippen molar-refractivity contribution in [2.45, 2.75) is 32.3 Å². The third-order valence-electron chi connectivity index (χ3n) is 2.67. The number of carbonyl (C=O) groups is 1. The van der Waals surface area contributed by atoms with Crippen LogP contribution in [0, 0.1) is 0 Å². The summed E-state index contributed by atoms with van der Waals surface area (Å²) in [4.78, 5) is 11.8. The lowest BCUT2D eigenvalue weighted by atomic mass is 10.0. The van der Waals surface area contributed by atoms with E-state index in [-0.39, 0.29) is 23.6 Å². The Morgan fingerprint density at radius 2 is 1.89 bits per heavy atom. The number of aliphatic hydroxyl groups is 1. The molecule has 0 heterocycles. The molecular weight excluding hydrogens is 234 g/mol. The minimum atomic E-state index is -0.996. The number of hydrogen-bond donors (Lipinski definition) is 4. The number of aromatic hydroxyl groups is 2. The van der Waals surface area contributed by atoms with Gasteiger partial charge in [0, 0.05) is 6.54 Å². The second-order valence-corrected chi connectivity index (χ2v) is 4.60. The van der Waals surface area contributed by atoms with E-state index in [1.807, 2.05) is 6.92 Å². The van der Waals surface area contributed by atoms with Crippen LogP contribution in [-0.4, -0.2) is 33.4 Å². The summed E-state index contributed by atoms with van der Waals surface area (Å²) >= 11 is 0. The maximum absolute atomic E-state index is 11.8. The number of hydrogen-bond acceptors (Lipinski definition) is 4. The van der Waals surface area contributed by atoms with Gasteiger partial charge in [0.2, 0.25) is 0 Å². The summed E-state index contributed by atoms with van der Waals surface area (Å²) in [6.45, 7) is 3.63. The van der Waals surface area contributed by atoms with Crippen molar-refractivity contribution in [3.63, 3.8) is 0 Å². The molecule has 1 unspecified atom stereocenters. The average Bonchev–Trinajstić information content (AvgIpc) is 2.26. The molecule has 4 N–H and O–H groups in total. The first-order chi connectivity index (χ1) is 8.37. The quantitative estimate of drug-likeness (QED) is 0.638. The molecule has 5 heteroatoms. The Labute approximate surface area is 106 Å². The van der Waals surface area contributed by atoms with Crippen molar-refractivity contribution >= 4 is 5.91 Å². The Morgan fingerprint density at radius 1 is 1.33 bits per heavy atom. The summed E-state index contributed by atoms with van der Waals surface area (Å²) in [7, 11) is 0. The van der Waals surface area contributed by atoms with Crippen molar-refractivity contribution in [1.82, 2.24) is 5.32 Å². The van der Waals surface area contributed by atoms with Crippen molar-refractivity contribution in [2.75, 3.05) is 6.54 Å². The van der Waals surface area contributed by atoms with Crippen molar-refractivity contribution in [2.24, 2.45) is 0 Å². The third kappa shape index (κ3) is 3.63. The average molecular weight is 253 g/mol. The Kier molecular flexibility index (Phi) is 4.55. The highest BCUT2D eigenvalue weighted by Crippen LogP contribution is 2.26. The van der Waals surface area contributed by atoms with Crippen LogP contribution in [0.3, 0.4) is 0 Å². The number of phenols is 2. The monoisotopic (exact) mass is 253 g/mol. The number of rotatable bonds is 5. The van der Waals surface area contributed by atoms with Gasteiger partial charge in [0.05, 0.1) is 5.60 Å². The molecule has 0 fully saturated rings. The largest absolute Gasteiger partial charge is 0.507 e. The van der Waals surface area contributed by atoms with Crippen LogP contribution in [0.2, 0.25) is 0 Å². The molecule has 0 spiro atoms. The van der Waals surface area contributed by atoms with Gasteiger partial charge in [0.1, 0.15) is 17.1 Å². The van der Waals surface area contributed by atoms with Crippen LogP contribution in [0.15, 0.2) is 18.2 Å². The minimum absolute atomic E-state index is 0.0629. The van der Waals surface area contributed by atoms with Crippen LogP contribution in [0.5, 0.6) is 11.5 Å². The van der Waals surface area contributed by atoms with Crippen molar-refractivity contribution in [3.8, 4) is 11.5 Å². The molecule has 5 nitrogen and oxygen atoms in total. The van der Waals surface area contributed by atoms with Crippen LogP contribution >= 0.6 is 0 Å². The molecule has 1 amide bonds. The summed E-state index contributed by atoms with van der Waals surface area (Å²) in [5.41, 5.74) is -1.17. The van der Waals surface area contributed by atoms with E-state index >= 15 is 0 Å². The Bertz CT molecular complexity index is 409. The van der Waals surface area contributed by atoms with Gasteiger partial charge >= 0.3 is 0 Å². The molecule has 1 aromatic rings. The second kappa shape index (κ2) is 5.73. The number of phenolic OH excluding ortho intramolecular Hbond substituents is 2. The summed E-state index contributed by atoms with van der Waals surface area (Å²) < 4.78 is 0. The maximum atomic E-state index is 11.8. The minimum Gasteiger partial charge on any atom is -0.507 e. The number of nitrogens with one attached hydrogen (secondary N) is 1. The topological polar surface area (TPSA) is 89.8 Å². The Hall–Kier alpha value is -1.75. The Balaban J connectivity index is 2.72. The summed E-state index contributed by atoms with van der Waals surface area (Å²) in [6.07, 6.45) is 1.35. The van der Waals surface area contributed by atoms with E-state index in [0.29, 0.717) is 6.42 Å². The molecule has 0 radical (unpaired) electrons. The number of carbonyl (C=O) groups excluding carboxylic acids is 1. The summed E-state index contributed by atoms with van der Waals surface area (Å²) in [6, 6.07) is 4.08. The zero-order chi connectivity index (χ0) is 13.8. The van der Waals surface area contributed by atoms with E-state index < -0.39 is 11.5 Å². The zero-order valence-electron chi connectivity index (χ0n) is 10.6. The Morgan fingerprint density at radius 3 is 2.39 bits per heavy atom. The van der Waals surface area contributed by atoms with Gasteiger partial charge in [-0.2, -0.15) is 0 Å². The maximum Gasteiger partial charge on any atom is 0.258 e. The summed E-state index contributed by atoms with van der Waals surface area (Å²) in [5, 5.41) is 31.4. The van der Waals surface area contributed by atoms with Gasteiger partial charge in [-0.25, -0.2) is 0 Å². The lowest BCUT2D eigenvalue weighted by Gasteiger charge is -2.23. The molecule has 0 saturated carbocycles. The second-order valence-electron chi connectivity index (χ2n) is 4.60. The standard InChI is InChI=1S/C13H19NO4/c1-3-7-13(2,18)8-14-12(17)11-9(15)5-4-6-10(11)16/h4-6,15-16,18H,3,7-8H2,1-2H3,(H,14,17). The highest BCUT2D eigenvalue weighted by Gasteiger charge is 2.22. The molecule has 1 rings (SSSR count). The zero-order valence-corrected chi connectivity index (χ0v) is 10.6. The van der Waals surface area contributed by atoms with Crippen LogP contribution < -0.4 is 5.32 Å². The smallest absolute Gasteiger partial charge is 0.258 e. The van der Waals surface area contributed by atoms with E-state index in [4.69, 9.17) is 0 Å². The van der Waals surface area contributed by atoms with Crippen LogP contribution in [0.1, 0.15) is 37.0 Å². The van der Waals surface area contributed by atoms with E-state index in [2.05, 4.69) is 5.32 Å². The van der Waals surface area contributed by atoms with Gasteiger partial charge in [0.25, 0.3) is 5.91 Å². The molecule has 1 atom stereocenters. The molecule has 0 bridgehead atoms. The van der Waals surface area contributed by atoms with Gasteiger partial charge < -0.3 is 20.6 Å². The van der Waals surface area contributed by atoms with Gasteiger partial charge in [0.15, 0.2) is 0 Å². The fourth-order valence-corrected chi connectivity index (χ4v) is 1.75. The SMILES string of the molecule is CCCC(C)(O)CNC(=O)c1c(O)cccc1O. The molecule has 18 heavy (non-hydrogen) atoms. The highest BCUT2D eigenvalue weighted by molar-refractivity contribution is 5.99. The highest BCUT2D eigenvalue weighted by atomic mass is 16.3. The fraction of sp³-hybridized carbons (Fsp3) is 0.462. The molecule has 0 aliphatic carbocycles. The van der Waals surface area contributed by atoms with Gasteiger partial charge in [-0.1, -0.05) is 19.4 Å². The van der Waals surface area contributed by atoms with E-state index in [9.17, 15) is 20.1 Å². The van der Waals surface area contributed by atoms with E-state index in [1.165, 1.54) is 18.2 Å². The van der Waals surface area contributed by atoms with Crippen molar-refractivity contribution in [1.29, 1.82) is 0 Å². The van der Waals surface area contributed by atoms with E-state index in [1.54, 1.807) is 6.92 Å². The first kappa shape index (κ1) is 14.3. The first-order valence-electron chi connectivity index (χ1n) is 5.89. The van der Waals surface area contributed by atoms with E-state index in [0.717, 1.165) is 6.42 Å². The predicted octanol–water partition coefficient (Wildman–Crippen LogP) is 1.38. The van der Waals surface area contributed by atoms with Crippen molar-refractivity contribution < 1.29 is 20.1 Å². The predicted molar refractivity (Wildman–Crippen MR) is 67.6 cm³/mol. The molecule has 0 aromatic heterocycles. The number of benzene rings is 1. The molecule has 1 aromatic carbocycles. The third-order valence-corrected chi connectivity index (χ3v) is 2.67. The molecule has 0 aliphatic rings. The molecule has 100 valence electrons. The first-order valence-corrected chi connectivity index (χ1v) is 5.89. The van der Waals surface area contributed by atoms with Gasteiger partial charge in [-0.15, -0.1) is 0 Å². The number of amides is 1. The van der Waals surface area contributed by atoms with Crippen LogP contribution in [-0.2, 0) is 0 Å². The normalized spacial score (nSPS) is 13.9. The summed E-state index contributed by atoms with van der Waals surface area (Å²) in [5.74, 6) is -1.19. The molecule has 0 aliphatic heterocycles. The lowest BCUT2D eigenvalue weighted by Crippen LogP contribution is -2.40. The van der Waals surface area contributed by atoms with Crippen LogP contribution in [0.4, 0.5) is 0 Å². The molecule has 0 saturated heterocycles. The lowest BCUT2D eigenvalue weighted by molar-refractivity contribution is 0.0468. The van der Waals surface area contributed by atoms with Crippen LogP contribution in [0.25, 0.3) is 0 Å².